The van der Waals surface area contributed by atoms with Crippen molar-refractivity contribution in [1.29, 1.82) is 0 Å². The molecule has 0 aliphatic carbocycles. The molecule has 16 heavy (non-hydrogen) atoms. The molecule has 0 heterocycles. The first-order chi connectivity index (χ1) is 7.49. The van der Waals surface area contributed by atoms with E-state index in [9.17, 15) is 9.59 Å². The van der Waals surface area contributed by atoms with Crippen LogP contribution in [0, 0.1) is 0 Å². The average molecular weight is 286 g/mol. The van der Waals surface area contributed by atoms with Gasteiger partial charge in [0.2, 0.25) is 5.91 Å². The lowest BCUT2D eigenvalue weighted by molar-refractivity contribution is -0.137. The highest BCUT2D eigenvalue weighted by Crippen LogP contribution is 2.20. The van der Waals surface area contributed by atoms with Gasteiger partial charge in [-0.2, -0.15) is 0 Å². The van der Waals surface area contributed by atoms with Gasteiger partial charge in [-0.15, -0.1) is 0 Å². The molecule has 1 amide bonds. The van der Waals surface area contributed by atoms with Crippen LogP contribution in [-0.4, -0.2) is 17.0 Å². The Kier molecular flexibility index (Phi) is 4.49. The van der Waals surface area contributed by atoms with Gasteiger partial charge in [-0.1, -0.05) is 28.1 Å². The van der Waals surface area contributed by atoms with Crippen molar-refractivity contribution >= 4 is 27.8 Å². The van der Waals surface area contributed by atoms with E-state index in [2.05, 4.69) is 21.2 Å². The molecule has 1 atom stereocenters. The fourth-order valence-corrected chi connectivity index (χ4v) is 1.81. The van der Waals surface area contributed by atoms with E-state index >= 15 is 0 Å². The molecule has 86 valence electrons. The zero-order chi connectivity index (χ0) is 12.1. The monoisotopic (exact) mass is 285 g/mol. The van der Waals surface area contributed by atoms with Crippen molar-refractivity contribution in [2.75, 3.05) is 0 Å². The van der Waals surface area contributed by atoms with Crippen LogP contribution in [-0.2, 0) is 9.59 Å². The molecule has 4 nitrogen and oxygen atoms in total. The summed E-state index contributed by atoms with van der Waals surface area (Å²) in [6.45, 7) is 1.37. The SMILES string of the molecule is CC(=O)N[C@@H](CC(=O)O)c1cccc(Br)c1. The van der Waals surface area contributed by atoms with Crippen LogP contribution in [0.5, 0.6) is 0 Å². The van der Waals surface area contributed by atoms with Gasteiger partial charge in [-0.3, -0.25) is 9.59 Å². The predicted molar refractivity (Wildman–Crippen MR) is 63.0 cm³/mol. The Morgan fingerprint density at radius 1 is 1.50 bits per heavy atom. The molecule has 0 spiro atoms. The highest BCUT2D eigenvalue weighted by atomic mass is 79.9. The lowest BCUT2D eigenvalue weighted by Crippen LogP contribution is -2.27. The van der Waals surface area contributed by atoms with Crippen LogP contribution >= 0.6 is 15.9 Å². The van der Waals surface area contributed by atoms with Gasteiger partial charge < -0.3 is 10.4 Å². The van der Waals surface area contributed by atoms with E-state index in [0.29, 0.717) is 0 Å². The number of carboxylic acids is 1. The third-order valence-corrected chi connectivity index (χ3v) is 2.50. The number of carbonyl (C=O) groups is 2. The maximum atomic E-state index is 11.0. The Morgan fingerprint density at radius 3 is 2.69 bits per heavy atom. The highest BCUT2D eigenvalue weighted by molar-refractivity contribution is 9.10. The van der Waals surface area contributed by atoms with Gasteiger partial charge in [0, 0.05) is 11.4 Å². The summed E-state index contributed by atoms with van der Waals surface area (Å²) in [7, 11) is 0. The molecule has 0 bridgehead atoms. The number of hydrogen-bond donors (Lipinski definition) is 2. The summed E-state index contributed by atoms with van der Waals surface area (Å²) < 4.78 is 0.853. The summed E-state index contributed by atoms with van der Waals surface area (Å²) in [6.07, 6.45) is -0.129. The van der Waals surface area contributed by atoms with E-state index < -0.39 is 12.0 Å². The minimum atomic E-state index is -0.946. The molecule has 0 saturated heterocycles. The Bertz CT molecular complexity index is 390. The molecule has 5 heteroatoms. The first-order valence-corrected chi connectivity index (χ1v) is 5.52. The zero-order valence-electron chi connectivity index (χ0n) is 8.74. The van der Waals surface area contributed by atoms with Crippen LogP contribution in [0.4, 0.5) is 0 Å². The fourth-order valence-electron chi connectivity index (χ4n) is 1.40. The van der Waals surface area contributed by atoms with Crippen LogP contribution in [0.1, 0.15) is 24.9 Å². The van der Waals surface area contributed by atoms with Crippen molar-refractivity contribution in [3.63, 3.8) is 0 Å². The third kappa shape index (κ3) is 4.02. The summed E-state index contributed by atoms with van der Waals surface area (Å²) in [5.74, 6) is -1.19. The van der Waals surface area contributed by atoms with Gasteiger partial charge in [0.05, 0.1) is 12.5 Å². The number of rotatable bonds is 4. The first-order valence-electron chi connectivity index (χ1n) is 4.73. The largest absolute Gasteiger partial charge is 0.481 e. The van der Waals surface area contributed by atoms with Crippen molar-refractivity contribution in [3.05, 3.63) is 34.3 Å². The number of amides is 1. The zero-order valence-corrected chi connectivity index (χ0v) is 10.3. The molecule has 0 aliphatic heterocycles. The number of carboxylic acid groups (broad SMARTS) is 1. The molecular weight excluding hydrogens is 274 g/mol. The van der Waals surface area contributed by atoms with Crippen molar-refractivity contribution in [3.8, 4) is 0 Å². The molecule has 1 aromatic rings. The predicted octanol–water partition coefficient (Wildman–Crippen LogP) is 2.10. The van der Waals surface area contributed by atoms with Gasteiger partial charge in [0.15, 0.2) is 0 Å². The van der Waals surface area contributed by atoms with Crippen molar-refractivity contribution in [2.45, 2.75) is 19.4 Å². The van der Waals surface area contributed by atoms with Gasteiger partial charge in [0.1, 0.15) is 0 Å². The number of benzene rings is 1. The normalized spacial score (nSPS) is 11.9. The minimum Gasteiger partial charge on any atom is -0.481 e. The second kappa shape index (κ2) is 5.65. The van der Waals surface area contributed by atoms with Crippen molar-refractivity contribution in [2.24, 2.45) is 0 Å². The number of hydrogen-bond acceptors (Lipinski definition) is 2. The molecule has 0 aromatic heterocycles. The van der Waals surface area contributed by atoms with Crippen LogP contribution < -0.4 is 5.32 Å². The standard InChI is InChI=1S/C11H12BrNO3/c1-7(14)13-10(6-11(15)16)8-3-2-4-9(12)5-8/h2-5,10H,6H2,1H3,(H,13,14)(H,15,16)/t10-/m0/s1. The maximum absolute atomic E-state index is 11.0. The summed E-state index contributed by atoms with van der Waals surface area (Å²) in [6, 6.07) is 6.73. The fraction of sp³-hybridized carbons (Fsp3) is 0.273. The Balaban J connectivity index is 2.90. The Morgan fingerprint density at radius 2 is 2.19 bits per heavy atom. The molecule has 1 rings (SSSR count). The van der Waals surface area contributed by atoms with Crippen LogP contribution in [0.25, 0.3) is 0 Å². The van der Waals surface area contributed by atoms with Crippen molar-refractivity contribution in [1.82, 2.24) is 5.32 Å². The quantitative estimate of drug-likeness (QED) is 0.890. The third-order valence-electron chi connectivity index (χ3n) is 2.01. The van der Waals surface area contributed by atoms with E-state index in [-0.39, 0.29) is 12.3 Å². The van der Waals surface area contributed by atoms with Crippen LogP contribution in [0.3, 0.4) is 0 Å². The van der Waals surface area contributed by atoms with Gasteiger partial charge in [-0.25, -0.2) is 0 Å². The van der Waals surface area contributed by atoms with Gasteiger partial charge >= 0.3 is 5.97 Å². The topological polar surface area (TPSA) is 66.4 Å². The second-order valence-electron chi connectivity index (χ2n) is 3.41. The van der Waals surface area contributed by atoms with Crippen LogP contribution in [0.15, 0.2) is 28.7 Å². The van der Waals surface area contributed by atoms with E-state index in [4.69, 9.17) is 5.11 Å². The molecule has 0 radical (unpaired) electrons. The number of nitrogens with one attached hydrogen (secondary N) is 1. The summed E-state index contributed by atoms with van der Waals surface area (Å²) in [5, 5.41) is 11.4. The van der Waals surface area contributed by atoms with Gasteiger partial charge in [-0.05, 0) is 17.7 Å². The first kappa shape index (κ1) is 12.7. The highest BCUT2D eigenvalue weighted by Gasteiger charge is 2.16. The lowest BCUT2D eigenvalue weighted by Gasteiger charge is -2.16. The average Bonchev–Trinajstić information content (AvgIpc) is 2.15. The Labute approximate surface area is 102 Å². The van der Waals surface area contributed by atoms with E-state index in [1.54, 1.807) is 18.2 Å². The second-order valence-corrected chi connectivity index (χ2v) is 4.32. The number of aliphatic carboxylic acids is 1. The summed E-state index contributed by atoms with van der Waals surface area (Å²) in [5.41, 5.74) is 0.770. The van der Waals surface area contributed by atoms with E-state index in [1.807, 2.05) is 6.07 Å². The molecule has 0 fully saturated rings. The smallest absolute Gasteiger partial charge is 0.305 e. The van der Waals surface area contributed by atoms with E-state index in [1.165, 1.54) is 6.92 Å². The molecule has 0 unspecified atom stereocenters. The Hall–Kier alpha value is -1.36. The molecule has 2 N–H and O–H groups in total. The maximum Gasteiger partial charge on any atom is 0.305 e. The lowest BCUT2D eigenvalue weighted by atomic mass is 10.0. The molecule has 1 aromatic carbocycles. The summed E-state index contributed by atoms with van der Waals surface area (Å²) in [4.78, 5) is 21.7. The molecule has 0 saturated carbocycles. The van der Waals surface area contributed by atoms with Crippen molar-refractivity contribution < 1.29 is 14.7 Å². The van der Waals surface area contributed by atoms with Gasteiger partial charge in [0.25, 0.3) is 0 Å². The van der Waals surface area contributed by atoms with E-state index in [0.717, 1.165) is 10.0 Å². The summed E-state index contributed by atoms with van der Waals surface area (Å²) >= 11 is 3.30. The molecular formula is C11H12BrNO3. The number of carbonyl (C=O) groups excluding carboxylic acids is 1. The minimum absolute atomic E-state index is 0.129. The molecule has 0 aliphatic rings. The van der Waals surface area contributed by atoms with Crippen LogP contribution in [0.2, 0.25) is 0 Å². The number of halogens is 1.